The van der Waals surface area contributed by atoms with E-state index in [9.17, 15) is 4.79 Å². The van der Waals surface area contributed by atoms with Crippen LogP contribution in [0.15, 0.2) is 30.3 Å². The van der Waals surface area contributed by atoms with E-state index >= 15 is 0 Å². The van der Waals surface area contributed by atoms with Crippen LogP contribution < -0.4 is 5.32 Å². The average Bonchev–Trinajstić information content (AvgIpc) is 2.52. The molecule has 2 unspecified atom stereocenters. The van der Waals surface area contributed by atoms with Crippen LogP contribution in [0.3, 0.4) is 0 Å². The summed E-state index contributed by atoms with van der Waals surface area (Å²) in [7, 11) is 0. The molecular weight excluding hydrogens is 274 g/mol. The topological polar surface area (TPSA) is 35.6 Å². The van der Waals surface area contributed by atoms with E-state index in [4.69, 9.17) is 0 Å². The SMILES string of the molecule is CCCNC(=O)N1CC(C)N(CCc2ccccc2)C(C)C1. The lowest BCUT2D eigenvalue weighted by Gasteiger charge is -2.44. The van der Waals surface area contributed by atoms with E-state index in [1.807, 2.05) is 4.90 Å². The van der Waals surface area contributed by atoms with Crippen molar-refractivity contribution in [2.45, 2.75) is 45.7 Å². The van der Waals surface area contributed by atoms with Crippen LogP contribution in [0.25, 0.3) is 0 Å². The lowest BCUT2D eigenvalue weighted by Crippen LogP contribution is -2.60. The van der Waals surface area contributed by atoms with Gasteiger partial charge in [0.15, 0.2) is 0 Å². The molecule has 0 radical (unpaired) electrons. The maximum absolute atomic E-state index is 12.1. The Bertz CT molecular complexity index is 451. The molecule has 1 saturated heterocycles. The number of amides is 2. The number of hydrogen-bond donors (Lipinski definition) is 1. The summed E-state index contributed by atoms with van der Waals surface area (Å²) < 4.78 is 0. The third kappa shape index (κ3) is 4.47. The van der Waals surface area contributed by atoms with Crippen molar-refractivity contribution in [3.63, 3.8) is 0 Å². The molecule has 0 aliphatic carbocycles. The fourth-order valence-corrected chi connectivity index (χ4v) is 3.21. The standard InChI is InChI=1S/C18H29N3O/c1-4-11-19-18(22)20-13-15(2)21(16(3)14-20)12-10-17-8-6-5-7-9-17/h5-9,15-16H,4,10-14H2,1-3H3,(H,19,22). The molecule has 1 aliphatic heterocycles. The van der Waals surface area contributed by atoms with Crippen molar-refractivity contribution in [2.75, 3.05) is 26.2 Å². The summed E-state index contributed by atoms with van der Waals surface area (Å²) in [5.74, 6) is 0. The molecule has 1 N–H and O–H groups in total. The Labute approximate surface area is 134 Å². The maximum Gasteiger partial charge on any atom is 0.317 e. The summed E-state index contributed by atoms with van der Waals surface area (Å²) in [5, 5.41) is 2.98. The second-order valence-corrected chi connectivity index (χ2v) is 6.31. The van der Waals surface area contributed by atoms with Crippen LogP contribution >= 0.6 is 0 Å². The van der Waals surface area contributed by atoms with Gasteiger partial charge in [0.05, 0.1) is 0 Å². The molecule has 22 heavy (non-hydrogen) atoms. The lowest BCUT2D eigenvalue weighted by molar-refractivity contribution is 0.0564. The first-order valence-electron chi connectivity index (χ1n) is 8.44. The van der Waals surface area contributed by atoms with E-state index in [1.165, 1.54) is 5.56 Å². The highest BCUT2D eigenvalue weighted by atomic mass is 16.2. The second-order valence-electron chi connectivity index (χ2n) is 6.31. The van der Waals surface area contributed by atoms with E-state index in [-0.39, 0.29) is 6.03 Å². The summed E-state index contributed by atoms with van der Waals surface area (Å²) in [6.45, 7) is 9.96. The van der Waals surface area contributed by atoms with Gasteiger partial charge in [0.25, 0.3) is 0 Å². The van der Waals surface area contributed by atoms with Crippen LogP contribution in [-0.2, 0) is 6.42 Å². The quantitative estimate of drug-likeness (QED) is 0.908. The molecule has 0 spiro atoms. The summed E-state index contributed by atoms with van der Waals surface area (Å²) in [6.07, 6.45) is 2.05. The van der Waals surface area contributed by atoms with Crippen LogP contribution in [0.4, 0.5) is 4.79 Å². The molecule has 1 fully saturated rings. The molecule has 4 heteroatoms. The molecule has 1 aromatic carbocycles. The number of carbonyl (C=O) groups excluding carboxylic acids is 1. The van der Waals surface area contributed by atoms with Crippen LogP contribution in [0.1, 0.15) is 32.8 Å². The van der Waals surface area contributed by atoms with Crippen LogP contribution in [-0.4, -0.2) is 54.1 Å². The zero-order valence-corrected chi connectivity index (χ0v) is 14.1. The summed E-state index contributed by atoms with van der Waals surface area (Å²) in [4.78, 5) is 16.6. The van der Waals surface area contributed by atoms with Crippen molar-refractivity contribution in [1.29, 1.82) is 0 Å². The third-order valence-electron chi connectivity index (χ3n) is 4.42. The number of benzene rings is 1. The fourth-order valence-electron chi connectivity index (χ4n) is 3.21. The first-order chi connectivity index (χ1) is 10.6. The molecule has 2 atom stereocenters. The van der Waals surface area contributed by atoms with Gasteiger partial charge in [0.1, 0.15) is 0 Å². The minimum absolute atomic E-state index is 0.0864. The Kier molecular flexibility index (Phi) is 6.25. The van der Waals surface area contributed by atoms with E-state index in [2.05, 4.69) is 61.3 Å². The molecule has 1 aliphatic rings. The van der Waals surface area contributed by atoms with Crippen molar-refractivity contribution < 1.29 is 4.79 Å². The van der Waals surface area contributed by atoms with E-state index < -0.39 is 0 Å². The summed E-state index contributed by atoms with van der Waals surface area (Å²) >= 11 is 0. The molecular formula is C18H29N3O. The lowest BCUT2D eigenvalue weighted by atomic mass is 10.1. The molecule has 4 nitrogen and oxygen atoms in total. The second kappa shape index (κ2) is 8.18. The maximum atomic E-state index is 12.1. The molecule has 2 rings (SSSR count). The van der Waals surface area contributed by atoms with Gasteiger partial charge in [-0.2, -0.15) is 0 Å². The van der Waals surface area contributed by atoms with Crippen molar-refractivity contribution >= 4 is 6.03 Å². The molecule has 2 amide bonds. The van der Waals surface area contributed by atoms with Crippen molar-refractivity contribution in [1.82, 2.24) is 15.1 Å². The van der Waals surface area contributed by atoms with E-state index in [0.717, 1.165) is 39.0 Å². The van der Waals surface area contributed by atoms with Gasteiger partial charge < -0.3 is 10.2 Å². The Hall–Kier alpha value is -1.55. The van der Waals surface area contributed by atoms with Gasteiger partial charge in [-0.15, -0.1) is 0 Å². The molecule has 1 aromatic rings. The zero-order chi connectivity index (χ0) is 15.9. The average molecular weight is 303 g/mol. The molecule has 0 saturated carbocycles. The number of rotatable bonds is 5. The van der Waals surface area contributed by atoms with Crippen LogP contribution in [0.5, 0.6) is 0 Å². The highest BCUT2D eigenvalue weighted by molar-refractivity contribution is 5.74. The van der Waals surface area contributed by atoms with Gasteiger partial charge >= 0.3 is 6.03 Å². The predicted octanol–water partition coefficient (Wildman–Crippen LogP) is 2.74. The Morgan fingerprint density at radius 3 is 2.41 bits per heavy atom. The predicted molar refractivity (Wildman–Crippen MR) is 91.0 cm³/mol. The van der Waals surface area contributed by atoms with Gasteiger partial charge in [-0.1, -0.05) is 37.3 Å². The summed E-state index contributed by atoms with van der Waals surface area (Å²) in [6, 6.07) is 11.5. The van der Waals surface area contributed by atoms with Gasteiger partial charge in [-0.05, 0) is 32.3 Å². The highest BCUT2D eigenvalue weighted by Gasteiger charge is 2.31. The van der Waals surface area contributed by atoms with Crippen LogP contribution in [0.2, 0.25) is 0 Å². The van der Waals surface area contributed by atoms with Gasteiger partial charge in [0, 0.05) is 38.3 Å². The van der Waals surface area contributed by atoms with E-state index in [0.29, 0.717) is 12.1 Å². The normalized spacial score (nSPS) is 22.6. The van der Waals surface area contributed by atoms with Gasteiger partial charge in [0.2, 0.25) is 0 Å². The van der Waals surface area contributed by atoms with E-state index in [1.54, 1.807) is 0 Å². The van der Waals surface area contributed by atoms with Crippen molar-refractivity contribution in [2.24, 2.45) is 0 Å². The third-order valence-corrected chi connectivity index (χ3v) is 4.42. The number of nitrogens with one attached hydrogen (secondary N) is 1. The first-order valence-corrected chi connectivity index (χ1v) is 8.44. The molecule has 1 heterocycles. The molecule has 0 bridgehead atoms. The zero-order valence-electron chi connectivity index (χ0n) is 14.1. The number of carbonyl (C=O) groups is 1. The van der Waals surface area contributed by atoms with Gasteiger partial charge in [-0.3, -0.25) is 4.90 Å². The number of hydrogen-bond acceptors (Lipinski definition) is 2. The van der Waals surface area contributed by atoms with Crippen molar-refractivity contribution in [3.8, 4) is 0 Å². The minimum atomic E-state index is 0.0864. The number of urea groups is 1. The molecule has 122 valence electrons. The smallest absolute Gasteiger partial charge is 0.317 e. The number of nitrogens with zero attached hydrogens (tertiary/aromatic N) is 2. The monoisotopic (exact) mass is 303 g/mol. The highest BCUT2D eigenvalue weighted by Crippen LogP contribution is 2.16. The Morgan fingerprint density at radius 1 is 1.18 bits per heavy atom. The number of piperazine rings is 1. The van der Waals surface area contributed by atoms with Crippen molar-refractivity contribution in [3.05, 3.63) is 35.9 Å². The first kappa shape index (κ1) is 16.8. The van der Waals surface area contributed by atoms with Gasteiger partial charge in [-0.25, -0.2) is 4.79 Å². The fraction of sp³-hybridized carbons (Fsp3) is 0.611. The largest absolute Gasteiger partial charge is 0.338 e. The Morgan fingerprint density at radius 2 is 1.82 bits per heavy atom. The van der Waals surface area contributed by atoms with Crippen LogP contribution in [0, 0.1) is 0 Å². The summed E-state index contributed by atoms with van der Waals surface area (Å²) in [5.41, 5.74) is 1.38. The Balaban J connectivity index is 1.86. The minimum Gasteiger partial charge on any atom is -0.338 e. The molecule has 0 aromatic heterocycles.